The van der Waals surface area contributed by atoms with E-state index in [1.54, 1.807) is 6.07 Å². The molecular formula is C21H20BN4O9PS. The van der Waals surface area contributed by atoms with Crippen LogP contribution in [0.2, 0.25) is 0 Å². The lowest BCUT2D eigenvalue weighted by atomic mass is 9.72. The summed E-state index contributed by atoms with van der Waals surface area (Å²) in [5.41, 5.74) is 6.08. The van der Waals surface area contributed by atoms with Crippen LogP contribution in [0.25, 0.3) is 0 Å². The van der Waals surface area contributed by atoms with Crippen LogP contribution < -0.4 is 26.3 Å². The zero-order valence-electron chi connectivity index (χ0n) is 18.8. The number of carboxylic acids is 1. The molecule has 3 aromatic rings. The van der Waals surface area contributed by atoms with Crippen LogP contribution in [-0.2, 0) is 15.8 Å². The van der Waals surface area contributed by atoms with Crippen LogP contribution in [0.4, 0.5) is 5.13 Å². The molecule has 13 nitrogen and oxygen atoms in total. The summed E-state index contributed by atoms with van der Waals surface area (Å²) in [6, 6.07) is 7.91. The highest BCUT2D eigenvalue weighted by atomic mass is 32.1. The van der Waals surface area contributed by atoms with Crippen molar-refractivity contribution in [2.24, 2.45) is 0 Å². The second-order valence-electron chi connectivity index (χ2n) is 8.03. The molecule has 0 spiro atoms. The number of thiazole rings is 1. The Hall–Kier alpha value is -3.75. The Morgan fingerprint density at radius 3 is 2.49 bits per heavy atom. The molecule has 37 heavy (non-hydrogen) atoms. The number of aromatic carboxylic acids is 1. The maximum absolute atomic E-state index is 13.3. The number of carbonyl (C=O) groups is 3. The number of hydrogen-bond donors (Lipinski definition) is 7. The van der Waals surface area contributed by atoms with Crippen molar-refractivity contribution in [2.75, 3.05) is 5.73 Å². The number of rotatable bonds is 7. The van der Waals surface area contributed by atoms with Gasteiger partial charge in [0.15, 0.2) is 5.13 Å². The SMILES string of the molecule is Nc1ncc(C(=O)NC(C(=O)N[C@H]2Cc3cccc(C(=O)O)c3OB2O)c2ccc(P(=O)(O)O)cc2)s1. The molecule has 4 rings (SSSR count). The summed E-state index contributed by atoms with van der Waals surface area (Å²) in [6.45, 7) is 0. The Balaban J connectivity index is 1.60. The number of nitrogens with zero attached hydrogens (tertiary/aromatic N) is 1. The van der Waals surface area contributed by atoms with E-state index in [1.807, 2.05) is 0 Å². The first-order valence-electron chi connectivity index (χ1n) is 10.6. The summed E-state index contributed by atoms with van der Waals surface area (Å²) < 4.78 is 16.9. The van der Waals surface area contributed by atoms with Crippen molar-refractivity contribution in [3.63, 3.8) is 0 Å². The van der Waals surface area contributed by atoms with Gasteiger partial charge >= 0.3 is 20.7 Å². The molecule has 192 valence electrons. The van der Waals surface area contributed by atoms with E-state index in [-0.39, 0.29) is 38.6 Å². The number of carbonyl (C=O) groups excluding carboxylic acids is 2. The Morgan fingerprint density at radius 1 is 1.19 bits per heavy atom. The van der Waals surface area contributed by atoms with Crippen molar-refractivity contribution in [1.29, 1.82) is 0 Å². The highest BCUT2D eigenvalue weighted by Gasteiger charge is 2.39. The van der Waals surface area contributed by atoms with Crippen LogP contribution in [0, 0.1) is 0 Å². The van der Waals surface area contributed by atoms with Crippen LogP contribution in [0.3, 0.4) is 0 Å². The topological polar surface area (TPSA) is 221 Å². The molecule has 0 aliphatic carbocycles. The number of anilines is 1. The van der Waals surface area contributed by atoms with Gasteiger partial charge in [0.05, 0.1) is 23.0 Å². The molecule has 2 atom stereocenters. The molecule has 8 N–H and O–H groups in total. The number of carboxylic acid groups (broad SMARTS) is 1. The number of nitrogens with one attached hydrogen (secondary N) is 2. The molecule has 0 bridgehead atoms. The standard InChI is InChI=1S/C21H20BN4O9PS/c23-21-24-9-14(37-21)18(27)26-16(10-4-6-12(7-5-10)36(32,33)34)19(28)25-15-8-11-2-1-3-13(20(29)30)17(11)35-22(15)31/h1-7,9,15-16,31H,8H2,(H2,23,24)(H,25,28)(H,26,27)(H,29,30)(H2,32,33,34)/t15-,16?/m0/s1. The minimum Gasteiger partial charge on any atom is -0.534 e. The summed E-state index contributed by atoms with van der Waals surface area (Å²) in [5, 5.41) is 24.8. The highest BCUT2D eigenvalue weighted by molar-refractivity contribution is 7.60. The Kier molecular flexibility index (Phi) is 7.34. The molecule has 0 saturated carbocycles. The van der Waals surface area contributed by atoms with Crippen molar-refractivity contribution in [1.82, 2.24) is 15.6 Å². The van der Waals surface area contributed by atoms with Gasteiger partial charge < -0.3 is 40.9 Å². The first-order valence-corrected chi connectivity index (χ1v) is 13.1. The molecule has 2 aromatic carbocycles. The number of para-hydroxylation sites is 1. The molecule has 16 heteroatoms. The average molecular weight is 546 g/mol. The monoisotopic (exact) mass is 546 g/mol. The average Bonchev–Trinajstić information content (AvgIpc) is 3.28. The first kappa shape index (κ1) is 26.3. The summed E-state index contributed by atoms with van der Waals surface area (Å²) in [7, 11) is -6.13. The van der Waals surface area contributed by atoms with Crippen molar-refractivity contribution in [2.45, 2.75) is 18.4 Å². The van der Waals surface area contributed by atoms with Gasteiger partial charge in [-0.05, 0) is 35.7 Å². The van der Waals surface area contributed by atoms with Gasteiger partial charge in [-0.25, -0.2) is 9.78 Å². The number of hydrogen-bond acceptors (Lipinski definition) is 9. The van der Waals surface area contributed by atoms with Gasteiger partial charge in [0.25, 0.3) is 5.91 Å². The second kappa shape index (κ2) is 10.3. The Morgan fingerprint density at radius 2 is 1.89 bits per heavy atom. The van der Waals surface area contributed by atoms with Crippen molar-refractivity contribution >= 4 is 54.3 Å². The molecule has 1 aromatic heterocycles. The summed E-state index contributed by atoms with van der Waals surface area (Å²) in [5.74, 6) is -3.69. The molecule has 0 fully saturated rings. The number of nitrogen functional groups attached to an aromatic ring is 1. The molecule has 1 aliphatic heterocycles. The fraction of sp³-hybridized carbons (Fsp3) is 0.143. The normalized spacial score (nSPS) is 15.8. The van der Waals surface area contributed by atoms with E-state index in [2.05, 4.69) is 15.6 Å². The van der Waals surface area contributed by atoms with Crippen LogP contribution in [0.5, 0.6) is 5.75 Å². The number of benzene rings is 2. The lowest BCUT2D eigenvalue weighted by Crippen LogP contribution is -2.55. The van der Waals surface area contributed by atoms with Crippen molar-refractivity contribution in [3.8, 4) is 5.75 Å². The first-order chi connectivity index (χ1) is 17.4. The third kappa shape index (κ3) is 5.82. The van der Waals surface area contributed by atoms with Gasteiger partial charge in [0, 0.05) is 0 Å². The molecule has 0 radical (unpaired) electrons. The third-order valence-electron chi connectivity index (χ3n) is 5.53. The lowest BCUT2D eigenvalue weighted by Gasteiger charge is -2.30. The van der Waals surface area contributed by atoms with Gasteiger partial charge in [0.1, 0.15) is 16.7 Å². The van der Waals surface area contributed by atoms with Gasteiger partial charge in [0.2, 0.25) is 5.91 Å². The van der Waals surface area contributed by atoms with E-state index in [0.29, 0.717) is 5.56 Å². The number of amides is 2. The summed E-state index contributed by atoms with van der Waals surface area (Å²) in [4.78, 5) is 60.2. The molecule has 2 amide bonds. The quantitative estimate of drug-likeness (QED) is 0.152. The fourth-order valence-corrected chi connectivity index (χ4v) is 4.86. The van der Waals surface area contributed by atoms with E-state index in [4.69, 9.17) is 10.4 Å². The zero-order chi connectivity index (χ0) is 26.9. The van der Waals surface area contributed by atoms with Crippen molar-refractivity contribution < 1.29 is 43.5 Å². The second-order valence-corrected chi connectivity index (χ2v) is 10.7. The summed E-state index contributed by atoms with van der Waals surface area (Å²) >= 11 is 0.894. The van der Waals surface area contributed by atoms with Crippen LogP contribution in [0.15, 0.2) is 48.7 Å². The van der Waals surface area contributed by atoms with Crippen LogP contribution in [-0.4, -0.2) is 55.7 Å². The molecule has 0 saturated heterocycles. The van der Waals surface area contributed by atoms with Gasteiger partial charge in [-0.1, -0.05) is 35.6 Å². The number of fused-ring (bicyclic) bond motifs is 1. The number of aromatic nitrogens is 1. The minimum atomic E-state index is -4.54. The molecule has 1 aliphatic rings. The zero-order valence-corrected chi connectivity index (χ0v) is 20.5. The van der Waals surface area contributed by atoms with Crippen molar-refractivity contribution in [3.05, 3.63) is 70.2 Å². The maximum Gasteiger partial charge on any atom is 0.547 e. The molecular weight excluding hydrogens is 526 g/mol. The van der Waals surface area contributed by atoms with Gasteiger partial charge in [-0.2, -0.15) is 0 Å². The van der Waals surface area contributed by atoms with E-state index < -0.39 is 44.5 Å². The van der Waals surface area contributed by atoms with Gasteiger partial charge in [-0.3, -0.25) is 14.2 Å². The molecule has 1 unspecified atom stereocenters. The van der Waals surface area contributed by atoms with E-state index in [1.165, 1.54) is 30.5 Å². The van der Waals surface area contributed by atoms with Gasteiger partial charge in [-0.15, -0.1) is 0 Å². The van der Waals surface area contributed by atoms with Crippen LogP contribution in [0.1, 0.15) is 37.2 Å². The molecule has 2 heterocycles. The summed E-state index contributed by atoms with van der Waals surface area (Å²) in [6.07, 6.45) is 1.27. The highest BCUT2D eigenvalue weighted by Crippen LogP contribution is 2.33. The maximum atomic E-state index is 13.3. The van der Waals surface area contributed by atoms with E-state index in [0.717, 1.165) is 23.5 Å². The fourth-order valence-electron chi connectivity index (χ4n) is 3.74. The minimum absolute atomic E-state index is 0.00587. The number of nitrogens with two attached hydrogens (primary N) is 1. The van der Waals surface area contributed by atoms with E-state index >= 15 is 0 Å². The predicted octanol–water partition coefficient (Wildman–Crippen LogP) is -0.163. The van der Waals surface area contributed by atoms with E-state index in [9.17, 15) is 38.9 Å². The smallest absolute Gasteiger partial charge is 0.534 e. The van der Waals surface area contributed by atoms with Crippen LogP contribution >= 0.6 is 18.9 Å². The Bertz CT molecular complexity index is 1410. The lowest BCUT2D eigenvalue weighted by molar-refractivity contribution is -0.123. The predicted molar refractivity (Wildman–Crippen MR) is 132 cm³/mol. The third-order valence-corrected chi connectivity index (χ3v) is 7.32. The Labute approximate surface area is 213 Å². The largest absolute Gasteiger partial charge is 0.547 e.